The summed E-state index contributed by atoms with van der Waals surface area (Å²) in [5, 5.41) is 6.10. The fourth-order valence-corrected chi connectivity index (χ4v) is 4.69. The number of nitrogens with zero attached hydrogens (tertiary/aromatic N) is 4. The minimum absolute atomic E-state index is 0.785. The summed E-state index contributed by atoms with van der Waals surface area (Å²) in [5.74, 6) is 0. The van der Waals surface area contributed by atoms with Gasteiger partial charge in [-0.15, -0.1) is 0 Å². The minimum Gasteiger partial charge on any atom is -0.328 e. The van der Waals surface area contributed by atoms with Gasteiger partial charge in [0.05, 0.1) is 17.0 Å². The fourth-order valence-electron chi connectivity index (χ4n) is 4.69. The number of aryl methyl sites for hydroxylation is 5. The Morgan fingerprint density at radius 2 is 1.57 bits per heavy atom. The van der Waals surface area contributed by atoms with E-state index in [1.807, 2.05) is 16.6 Å². The highest BCUT2D eigenvalue weighted by Crippen LogP contribution is 2.35. The molecule has 3 heterocycles. The van der Waals surface area contributed by atoms with Gasteiger partial charge in [-0.05, 0) is 69.0 Å². The normalized spacial score (nSPS) is 11.6. The van der Waals surface area contributed by atoms with Crippen molar-refractivity contribution in [1.29, 1.82) is 0 Å². The lowest BCUT2D eigenvalue weighted by atomic mass is 9.94. The van der Waals surface area contributed by atoms with Crippen molar-refractivity contribution in [1.82, 2.24) is 19.2 Å². The maximum Gasteiger partial charge on any atom is 0.165 e. The molecule has 5 rings (SSSR count). The molecule has 30 heavy (non-hydrogen) atoms. The van der Waals surface area contributed by atoms with Crippen LogP contribution in [0.2, 0.25) is 0 Å². The minimum atomic E-state index is 0.785. The number of hydrogen-bond acceptors (Lipinski definition) is 2. The van der Waals surface area contributed by atoms with Crippen molar-refractivity contribution in [3.8, 4) is 11.1 Å². The van der Waals surface area contributed by atoms with Gasteiger partial charge in [0.25, 0.3) is 0 Å². The Hall–Kier alpha value is -3.40. The van der Waals surface area contributed by atoms with Crippen molar-refractivity contribution in [3.05, 3.63) is 88.4 Å². The standard InChI is InChI=1S/C26H25N4/c1-16-13-17(2)23(18(3)14-16)24-20(5)28-30-25(24)27-19(4)22-11-12-29(26(22)30)15-21-9-7-6-8-10-21/h7-14H,15H2,1-5H3. The summed E-state index contributed by atoms with van der Waals surface area (Å²) in [7, 11) is 0. The van der Waals surface area contributed by atoms with E-state index in [2.05, 4.69) is 81.8 Å². The topological polar surface area (TPSA) is 35.1 Å². The van der Waals surface area contributed by atoms with Crippen molar-refractivity contribution in [2.45, 2.75) is 41.2 Å². The molecule has 0 N–H and O–H groups in total. The lowest BCUT2D eigenvalue weighted by Gasteiger charge is -2.12. The predicted molar refractivity (Wildman–Crippen MR) is 122 cm³/mol. The molecule has 5 aromatic rings. The monoisotopic (exact) mass is 393 g/mol. The van der Waals surface area contributed by atoms with Crippen molar-refractivity contribution in [2.24, 2.45) is 0 Å². The average Bonchev–Trinajstić information content (AvgIpc) is 3.24. The molecule has 0 fully saturated rings. The van der Waals surface area contributed by atoms with Gasteiger partial charge in [0.2, 0.25) is 0 Å². The van der Waals surface area contributed by atoms with Crippen LogP contribution in [0.25, 0.3) is 27.8 Å². The molecule has 0 saturated heterocycles. The molecular weight excluding hydrogens is 368 g/mol. The molecule has 0 aliphatic rings. The van der Waals surface area contributed by atoms with Crippen molar-refractivity contribution in [3.63, 3.8) is 0 Å². The van der Waals surface area contributed by atoms with Crippen LogP contribution in [0, 0.1) is 40.7 Å². The number of hydrogen-bond donors (Lipinski definition) is 0. The maximum atomic E-state index is 5.01. The first-order valence-corrected chi connectivity index (χ1v) is 10.3. The summed E-state index contributed by atoms with van der Waals surface area (Å²) in [5.41, 5.74) is 11.5. The van der Waals surface area contributed by atoms with Crippen molar-refractivity contribution >= 4 is 16.7 Å². The van der Waals surface area contributed by atoms with Gasteiger partial charge in [-0.25, -0.2) is 4.98 Å². The molecule has 2 aromatic carbocycles. The second kappa shape index (κ2) is 6.84. The lowest BCUT2D eigenvalue weighted by Crippen LogP contribution is -2.04. The fraction of sp³-hybridized carbons (Fsp3) is 0.231. The van der Waals surface area contributed by atoms with Crippen molar-refractivity contribution < 1.29 is 0 Å². The van der Waals surface area contributed by atoms with Gasteiger partial charge in [0, 0.05) is 18.1 Å². The molecule has 0 bridgehead atoms. The van der Waals surface area contributed by atoms with Crippen LogP contribution in [0.4, 0.5) is 0 Å². The van der Waals surface area contributed by atoms with Crippen LogP contribution in [0.3, 0.4) is 0 Å². The summed E-state index contributed by atoms with van der Waals surface area (Å²) in [6, 6.07) is 17.9. The van der Waals surface area contributed by atoms with Crippen LogP contribution in [0.15, 0.2) is 48.7 Å². The zero-order valence-corrected chi connectivity index (χ0v) is 18.1. The van der Waals surface area contributed by atoms with Crippen LogP contribution >= 0.6 is 0 Å². The van der Waals surface area contributed by atoms with Crippen LogP contribution < -0.4 is 0 Å². The third-order valence-corrected chi connectivity index (χ3v) is 5.90. The highest BCUT2D eigenvalue weighted by atomic mass is 15.3. The Bertz CT molecular complexity index is 1380. The van der Waals surface area contributed by atoms with Crippen LogP contribution in [-0.2, 0) is 6.54 Å². The first-order chi connectivity index (χ1) is 14.4. The second-order valence-electron chi connectivity index (χ2n) is 8.26. The van der Waals surface area contributed by atoms with Gasteiger partial charge in [-0.2, -0.15) is 9.61 Å². The second-order valence-corrected chi connectivity index (χ2v) is 8.26. The predicted octanol–water partition coefficient (Wildman–Crippen LogP) is 5.74. The Morgan fingerprint density at radius 1 is 0.867 bits per heavy atom. The SMILES string of the molecule is Cc1cc(C)c(-c2c(C)nn3c2nc(C)c2ccn(Cc4cc[c]cc4)c23)c(C)c1. The summed E-state index contributed by atoms with van der Waals surface area (Å²) in [6.07, 6.45) is 2.13. The molecule has 4 nitrogen and oxygen atoms in total. The van der Waals surface area contributed by atoms with E-state index in [0.717, 1.165) is 40.2 Å². The Kier molecular flexibility index (Phi) is 4.24. The molecule has 1 radical (unpaired) electrons. The molecule has 149 valence electrons. The van der Waals surface area contributed by atoms with Gasteiger partial charge in [0.15, 0.2) is 5.65 Å². The molecule has 0 unspecified atom stereocenters. The summed E-state index contributed by atoms with van der Waals surface area (Å²) < 4.78 is 4.29. The van der Waals surface area contributed by atoms with Gasteiger partial charge in [-0.3, -0.25) is 0 Å². The molecule has 4 heteroatoms. The Morgan fingerprint density at radius 3 is 2.27 bits per heavy atom. The van der Waals surface area contributed by atoms with Crippen LogP contribution in [-0.4, -0.2) is 19.2 Å². The Labute approximate surface area is 176 Å². The highest BCUT2D eigenvalue weighted by Gasteiger charge is 2.21. The first kappa shape index (κ1) is 18.6. The molecule has 0 aliphatic heterocycles. The average molecular weight is 394 g/mol. The maximum absolute atomic E-state index is 5.01. The number of rotatable bonds is 3. The molecule has 0 aliphatic carbocycles. The molecule has 0 atom stereocenters. The smallest absolute Gasteiger partial charge is 0.165 e. The summed E-state index contributed by atoms with van der Waals surface area (Å²) in [4.78, 5) is 5.01. The quantitative estimate of drug-likeness (QED) is 0.392. The first-order valence-electron chi connectivity index (χ1n) is 10.3. The lowest BCUT2D eigenvalue weighted by molar-refractivity contribution is 0.795. The van der Waals surface area contributed by atoms with E-state index in [1.165, 1.54) is 27.8 Å². The molecular formula is C26H25N4. The molecule has 0 saturated carbocycles. The van der Waals surface area contributed by atoms with E-state index in [4.69, 9.17) is 10.1 Å². The molecule has 0 amide bonds. The zero-order chi connectivity index (χ0) is 21.0. The van der Waals surface area contributed by atoms with Gasteiger partial charge < -0.3 is 4.57 Å². The van der Waals surface area contributed by atoms with Gasteiger partial charge in [-0.1, -0.05) is 42.0 Å². The molecule has 3 aromatic heterocycles. The Balaban J connectivity index is 1.81. The largest absolute Gasteiger partial charge is 0.328 e. The third-order valence-electron chi connectivity index (χ3n) is 5.90. The molecule has 0 spiro atoms. The van der Waals surface area contributed by atoms with E-state index in [-0.39, 0.29) is 0 Å². The van der Waals surface area contributed by atoms with E-state index in [1.54, 1.807) is 0 Å². The number of aromatic nitrogens is 4. The highest BCUT2D eigenvalue weighted by molar-refractivity contribution is 5.89. The number of benzene rings is 2. The van der Waals surface area contributed by atoms with Crippen molar-refractivity contribution in [2.75, 3.05) is 0 Å². The summed E-state index contributed by atoms with van der Waals surface area (Å²) >= 11 is 0. The number of fused-ring (bicyclic) bond motifs is 3. The third kappa shape index (κ3) is 2.83. The van der Waals surface area contributed by atoms with E-state index in [9.17, 15) is 0 Å². The van der Waals surface area contributed by atoms with Gasteiger partial charge in [0.1, 0.15) is 5.65 Å². The van der Waals surface area contributed by atoms with Crippen LogP contribution in [0.5, 0.6) is 0 Å². The van der Waals surface area contributed by atoms with Gasteiger partial charge >= 0.3 is 0 Å². The summed E-state index contributed by atoms with van der Waals surface area (Å²) in [6.45, 7) is 11.5. The van der Waals surface area contributed by atoms with E-state index in [0.29, 0.717) is 0 Å². The van der Waals surface area contributed by atoms with E-state index < -0.39 is 0 Å². The van der Waals surface area contributed by atoms with E-state index >= 15 is 0 Å². The zero-order valence-electron chi connectivity index (χ0n) is 18.1. The van der Waals surface area contributed by atoms with Crippen LogP contribution in [0.1, 0.15) is 33.6 Å².